The van der Waals surface area contributed by atoms with Crippen LogP contribution in [-0.4, -0.2) is 41.9 Å². The van der Waals surface area contributed by atoms with Gasteiger partial charge in [-0.2, -0.15) is 0 Å². The molecular formula is C24H33ClN2OS. The maximum Gasteiger partial charge on any atom is 0.261 e. The van der Waals surface area contributed by atoms with Crippen LogP contribution in [0.2, 0.25) is 5.02 Å². The summed E-state index contributed by atoms with van der Waals surface area (Å²) in [5.41, 5.74) is 1.14. The standard InChI is InChI=1S/C24H33ClN2OS/c25-21-12-7-11-20(18-21)24-27(16-8-15-26-13-5-2-6-14-26)23(28)22(29-24)17-19-9-3-1-4-10-19/h7,11-12,17-19,24H,1-6,8-10,13-16H2/b22-17-. The number of piperidine rings is 1. The molecule has 3 fully saturated rings. The molecule has 1 aromatic rings. The van der Waals surface area contributed by atoms with Crippen LogP contribution in [0.15, 0.2) is 35.2 Å². The summed E-state index contributed by atoms with van der Waals surface area (Å²) in [7, 11) is 0. The van der Waals surface area contributed by atoms with Gasteiger partial charge < -0.3 is 9.80 Å². The molecule has 2 saturated heterocycles. The third kappa shape index (κ3) is 5.59. The summed E-state index contributed by atoms with van der Waals surface area (Å²) >= 11 is 8.00. The molecule has 29 heavy (non-hydrogen) atoms. The Morgan fingerprint density at radius 2 is 1.79 bits per heavy atom. The van der Waals surface area contributed by atoms with Gasteiger partial charge in [-0.1, -0.05) is 67.3 Å². The predicted molar refractivity (Wildman–Crippen MR) is 123 cm³/mol. The highest BCUT2D eigenvalue weighted by Crippen LogP contribution is 2.47. The number of halogens is 1. The first kappa shape index (κ1) is 21.3. The van der Waals surface area contributed by atoms with Crippen molar-refractivity contribution in [3.8, 4) is 0 Å². The fourth-order valence-electron chi connectivity index (χ4n) is 4.88. The zero-order chi connectivity index (χ0) is 20.1. The number of allylic oxidation sites excluding steroid dienone is 1. The van der Waals surface area contributed by atoms with Gasteiger partial charge in [0.05, 0.1) is 4.91 Å². The average Bonchev–Trinajstić information content (AvgIpc) is 3.05. The Kier molecular flexibility index (Phi) is 7.60. The molecule has 4 rings (SSSR count). The van der Waals surface area contributed by atoms with E-state index in [2.05, 4.69) is 21.9 Å². The highest BCUT2D eigenvalue weighted by Gasteiger charge is 2.37. The fourth-order valence-corrected chi connectivity index (χ4v) is 6.42. The molecule has 5 heteroatoms. The van der Waals surface area contributed by atoms with Gasteiger partial charge in [-0.05, 0) is 75.4 Å². The molecule has 3 aliphatic rings. The smallest absolute Gasteiger partial charge is 0.261 e. The van der Waals surface area contributed by atoms with Crippen molar-refractivity contribution < 1.29 is 4.79 Å². The van der Waals surface area contributed by atoms with Crippen LogP contribution >= 0.6 is 23.4 Å². The van der Waals surface area contributed by atoms with Gasteiger partial charge in [0.25, 0.3) is 5.91 Å². The van der Waals surface area contributed by atoms with Gasteiger partial charge in [0.1, 0.15) is 5.37 Å². The Morgan fingerprint density at radius 3 is 2.55 bits per heavy atom. The van der Waals surface area contributed by atoms with Gasteiger partial charge in [0.15, 0.2) is 0 Å². The minimum Gasteiger partial charge on any atom is -0.322 e. The quantitative estimate of drug-likeness (QED) is 0.496. The second-order valence-corrected chi connectivity index (χ2v) is 10.3. The van der Waals surface area contributed by atoms with Gasteiger partial charge in [0.2, 0.25) is 0 Å². The Morgan fingerprint density at radius 1 is 1.03 bits per heavy atom. The van der Waals surface area contributed by atoms with Crippen molar-refractivity contribution in [2.75, 3.05) is 26.2 Å². The van der Waals surface area contributed by atoms with Crippen LogP contribution in [-0.2, 0) is 4.79 Å². The molecule has 3 nitrogen and oxygen atoms in total. The van der Waals surface area contributed by atoms with Gasteiger partial charge in [-0.15, -0.1) is 0 Å². The molecule has 1 saturated carbocycles. The van der Waals surface area contributed by atoms with Crippen molar-refractivity contribution in [1.29, 1.82) is 0 Å². The zero-order valence-corrected chi connectivity index (χ0v) is 18.9. The number of hydrogen-bond donors (Lipinski definition) is 0. The number of carbonyl (C=O) groups is 1. The topological polar surface area (TPSA) is 23.6 Å². The predicted octanol–water partition coefficient (Wildman–Crippen LogP) is 6.25. The van der Waals surface area contributed by atoms with Gasteiger partial charge >= 0.3 is 0 Å². The number of benzene rings is 1. The SMILES string of the molecule is O=C1/C(=C/C2CCCCC2)SC(c2cccc(Cl)c2)N1CCCN1CCCCC1. The van der Waals surface area contributed by atoms with Crippen molar-refractivity contribution in [3.05, 3.63) is 45.8 Å². The van der Waals surface area contributed by atoms with Gasteiger partial charge in [-0.25, -0.2) is 0 Å². The lowest BCUT2D eigenvalue weighted by Crippen LogP contribution is -2.34. The summed E-state index contributed by atoms with van der Waals surface area (Å²) in [6.07, 6.45) is 13.7. The molecule has 2 heterocycles. The first-order valence-corrected chi connectivity index (χ1v) is 12.6. The van der Waals surface area contributed by atoms with Crippen molar-refractivity contribution in [2.45, 2.75) is 63.2 Å². The third-order valence-corrected chi connectivity index (χ3v) is 8.04. The first-order valence-electron chi connectivity index (χ1n) is 11.4. The molecule has 0 bridgehead atoms. The van der Waals surface area contributed by atoms with Crippen LogP contribution in [0.25, 0.3) is 0 Å². The Balaban J connectivity index is 1.46. The number of rotatable bonds is 6. The number of amides is 1. The highest BCUT2D eigenvalue weighted by molar-refractivity contribution is 8.04. The summed E-state index contributed by atoms with van der Waals surface area (Å²) in [6, 6.07) is 8.04. The maximum atomic E-state index is 13.3. The van der Waals surface area contributed by atoms with E-state index in [1.807, 2.05) is 18.2 Å². The molecule has 0 aromatic heterocycles. The van der Waals surface area contributed by atoms with Crippen LogP contribution in [0, 0.1) is 5.92 Å². The van der Waals surface area contributed by atoms with E-state index >= 15 is 0 Å². The molecule has 1 aromatic carbocycles. The van der Waals surface area contributed by atoms with E-state index in [-0.39, 0.29) is 11.3 Å². The van der Waals surface area contributed by atoms with Crippen LogP contribution in [0.5, 0.6) is 0 Å². The highest BCUT2D eigenvalue weighted by atomic mass is 35.5. The van der Waals surface area contributed by atoms with Crippen molar-refractivity contribution >= 4 is 29.3 Å². The van der Waals surface area contributed by atoms with E-state index in [9.17, 15) is 4.79 Å². The zero-order valence-electron chi connectivity index (χ0n) is 17.3. The third-order valence-electron chi connectivity index (χ3n) is 6.49. The van der Waals surface area contributed by atoms with Crippen molar-refractivity contribution in [1.82, 2.24) is 9.80 Å². The molecule has 0 radical (unpaired) electrons. The van der Waals surface area contributed by atoms with Crippen LogP contribution in [0.4, 0.5) is 0 Å². The Hall–Kier alpha value is -0.970. The fraction of sp³-hybridized carbons (Fsp3) is 0.625. The normalized spacial score (nSPS) is 25.8. The molecule has 2 aliphatic heterocycles. The van der Waals surface area contributed by atoms with E-state index in [1.54, 1.807) is 11.8 Å². The molecular weight excluding hydrogens is 400 g/mol. The molecule has 0 N–H and O–H groups in total. The molecule has 1 unspecified atom stereocenters. The van der Waals surface area contributed by atoms with E-state index < -0.39 is 0 Å². The largest absolute Gasteiger partial charge is 0.322 e. The van der Waals surface area contributed by atoms with Gasteiger partial charge in [0, 0.05) is 11.6 Å². The Labute approximate surface area is 184 Å². The van der Waals surface area contributed by atoms with E-state index in [0.29, 0.717) is 5.92 Å². The van der Waals surface area contributed by atoms with E-state index in [1.165, 1.54) is 64.5 Å². The number of likely N-dealkylation sites (tertiary alicyclic amines) is 1. The number of thioether (sulfide) groups is 1. The van der Waals surface area contributed by atoms with Crippen LogP contribution in [0.1, 0.15) is 68.7 Å². The van der Waals surface area contributed by atoms with Crippen molar-refractivity contribution in [3.63, 3.8) is 0 Å². The van der Waals surface area contributed by atoms with Crippen LogP contribution in [0.3, 0.4) is 0 Å². The number of hydrogen-bond acceptors (Lipinski definition) is 3. The molecule has 1 atom stereocenters. The van der Waals surface area contributed by atoms with Crippen molar-refractivity contribution in [2.24, 2.45) is 5.92 Å². The maximum absolute atomic E-state index is 13.3. The molecule has 1 amide bonds. The number of carbonyl (C=O) groups excluding carboxylic acids is 1. The first-order chi connectivity index (χ1) is 14.2. The molecule has 0 spiro atoms. The van der Waals surface area contributed by atoms with E-state index in [4.69, 9.17) is 11.6 Å². The number of nitrogens with zero attached hydrogens (tertiary/aromatic N) is 2. The minimum absolute atomic E-state index is 0.0531. The Bertz CT molecular complexity index is 725. The lowest BCUT2D eigenvalue weighted by atomic mass is 9.89. The summed E-state index contributed by atoms with van der Waals surface area (Å²) in [5.74, 6) is 0.799. The minimum atomic E-state index is 0.0531. The summed E-state index contributed by atoms with van der Waals surface area (Å²) in [4.78, 5) is 18.9. The molecule has 1 aliphatic carbocycles. The second kappa shape index (κ2) is 10.4. The van der Waals surface area contributed by atoms with E-state index in [0.717, 1.165) is 35.0 Å². The monoisotopic (exact) mass is 432 g/mol. The van der Waals surface area contributed by atoms with Crippen LogP contribution < -0.4 is 0 Å². The van der Waals surface area contributed by atoms with Gasteiger partial charge in [-0.3, -0.25) is 4.79 Å². The lowest BCUT2D eigenvalue weighted by Gasteiger charge is -2.28. The molecule has 158 valence electrons. The average molecular weight is 433 g/mol. The second-order valence-electron chi connectivity index (χ2n) is 8.71. The summed E-state index contributed by atoms with van der Waals surface area (Å²) in [5, 5.41) is 0.797. The lowest BCUT2D eigenvalue weighted by molar-refractivity contribution is -0.126. The summed E-state index contributed by atoms with van der Waals surface area (Å²) in [6.45, 7) is 4.35. The summed E-state index contributed by atoms with van der Waals surface area (Å²) < 4.78 is 0.